The van der Waals surface area contributed by atoms with E-state index in [1.165, 1.54) is 6.92 Å². The van der Waals surface area contributed by atoms with Crippen molar-refractivity contribution in [3.63, 3.8) is 0 Å². The third kappa shape index (κ3) is 5.13. The van der Waals surface area contributed by atoms with Crippen molar-refractivity contribution in [2.24, 2.45) is 0 Å². The summed E-state index contributed by atoms with van der Waals surface area (Å²) in [6.07, 6.45) is -0.279. The predicted molar refractivity (Wildman–Crippen MR) is 110 cm³/mol. The summed E-state index contributed by atoms with van der Waals surface area (Å²) in [5.74, 6) is -0.0931. The fraction of sp³-hybridized carbons (Fsp3) is 0.318. The van der Waals surface area contributed by atoms with Gasteiger partial charge >= 0.3 is 0 Å². The summed E-state index contributed by atoms with van der Waals surface area (Å²) in [5.41, 5.74) is 1.72. The number of ketones is 1. The highest BCUT2D eigenvalue weighted by molar-refractivity contribution is 5.90. The second kappa shape index (κ2) is 9.23. The summed E-state index contributed by atoms with van der Waals surface area (Å²) >= 11 is 0. The quantitative estimate of drug-likeness (QED) is 0.738. The van der Waals surface area contributed by atoms with E-state index in [0.717, 1.165) is 11.3 Å². The zero-order valence-corrected chi connectivity index (χ0v) is 16.6. The molecule has 0 aromatic heterocycles. The minimum atomic E-state index is -0.712. The van der Waals surface area contributed by atoms with Crippen molar-refractivity contribution in [2.75, 3.05) is 25.0 Å². The van der Waals surface area contributed by atoms with E-state index in [9.17, 15) is 14.4 Å². The van der Waals surface area contributed by atoms with Crippen LogP contribution in [0.25, 0.3) is 0 Å². The van der Waals surface area contributed by atoms with Crippen LogP contribution in [0, 0.1) is 0 Å². The number of ether oxygens (including phenoxy) is 1. The molecule has 7 heteroatoms. The van der Waals surface area contributed by atoms with E-state index in [4.69, 9.17) is 4.74 Å². The molecule has 0 fully saturated rings. The number of carbonyl (C=O) groups is 3. The first-order valence-corrected chi connectivity index (χ1v) is 9.54. The van der Waals surface area contributed by atoms with Crippen LogP contribution in [0.2, 0.25) is 0 Å². The Kier molecular flexibility index (Phi) is 6.49. The zero-order valence-electron chi connectivity index (χ0n) is 16.6. The van der Waals surface area contributed by atoms with Crippen LogP contribution < -0.4 is 20.3 Å². The number of benzene rings is 2. The maximum absolute atomic E-state index is 12.7. The number of amides is 2. The van der Waals surface area contributed by atoms with Crippen LogP contribution in [0.15, 0.2) is 54.6 Å². The Labute approximate surface area is 170 Å². The Morgan fingerprint density at radius 1 is 1.10 bits per heavy atom. The molecule has 1 aliphatic rings. The van der Waals surface area contributed by atoms with Gasteiger partial charge in [-0.05, 0) is 31.0 Å². The number of hydrogen-bond acceptors (Lipinski definition) is 5. The van der Waals surface area contributed by atoms with Gasteiger partial charge in [0.25, 0.3) is 5.91 Å². The van der Waals surface area contributed by atoms with Gasteiger partial charge in [0.05, 0.1) is 24.8 Å². The molecule has 0 saturated carbocycles. The average Bonchev–Trinajstić information content (AvgIpc) is 2.73. The second-order valence-electron chi connectivity index (χ2n) is 6.99. The molecule has 0 spiro atoms. The maximum Gasteiger partial charge on any atom is 0.262 e. The summed E-state index contributed by atoms with van der Waals surface area (Å²) < 4.78 is 5.76. The Morgan fingerprint density at radius 3 is 2.48 bits per heavy atom. The molecule has 2 amide bonds. The van der Waals surface area contributed by atoms with Gasteiger partial charge < -0.3 is 20.3 Å². The number of carbonyl (C=O) groups excluding carboxylic acids is 3. The summed E-state index contributed by atoms with van der Waals surface area (Å²) in [5, 5.41) is 5.41. The van der Waals surface area contributed by atoms with Gasteiger partial charge in [-0.2, -0.15) is 0 Å². The molecule has 29 heavy (non-hydrogen) atoms. The smallest absolute Gasteiger partial charge is 0.262 e. The molecular formula is C22H25N3O4. The van der Waals surface area contributed by atoms with Gasteiger partial charge in [0.2, 0.25) is 5.91 Å². The summed E-state index contributed by atoms with van der Waals surface area (Å²) in [6.45, 7) is 1.74. The lowest BCUT2D eigenvalue weighted by molar-refractivity contribution is -0.128. The molecule has 2 N–H and O–H groups in total. The molecule has 2 aromatic carbocycles. The molecule has 0 bridgehead atoms. The van der Waals surface area contributed by atoms with E-state index in [2.05, 4.69) is 10.6 Å². The highest BCUT2D eigenvalue weighted by Crippen LogP contribution is 2.32. The Balaban J connectivity index is 1.71. The monoisotopic (exact) mass is 395 g/mol. The van der Waals surface area contributed by atoms with Crippen molar-refractivity contribution >= 4 is 23.3 Å². The molecule has 2 atom stereocenters. The van der Waals surface area contributed by atoms with E-state index >= 15 is 0 Å². The second-order valence-corrected chi connectivity index (χ2v) is 6.99. The van der Waals surface area contributed by atoms with E-state index < -0.39 is 12.1 Å². The topological polar surface area (TPSA) is 87.7 Å². The number of anilines is 1. The molecule has 7 nitrogen and oxygen atoms in total. The minimum Gasteiger partial charge on any atom is -0.477 e. The van der Waals surface area contributed by atoms with Crippen LogP contribution in [0.4, 0.5) is 5.69 Å². The highest BCUT2D eigenvalue weighted by Gasteiger charge is 2.31. The molecule has 0 saturated heterocycles. The first kappa shape index (κ1) is 20.4. The van der Waals surface area contributed by atoms with E-state index in [-0.39, 0.29) is 30.7 Å². The van der Waals surface area contributed by atoms with Gasteiger partial charge in [-0.1, -0.05) is 42.5 Å². The number of nitrogens with zero attached hydrogens (tertiary/aromatic N) is 1. The normalized spacial score (nSPS) is 16.2. The van der Waals surface area contributed by atoms with Crippen LogP contribution in [0.5, 0.6) is 5.75 Å². The van der Waals surface area contributed by atoms with E-state index in [1.807, 2.05) is 48.5 Å². The average molecular weight is 395 g/mol. The number of para-hydroxylation sites is 2. The van der Waals surface area contributed by atoms with Crippen molar-refractivity contribution in [1.29, 1.82) is 0 Å². The lowest BCUT2D eigenvalue weighted by Crippen LogP contribution is -2.52. The first-order chi connectivity index (χ1) is 14.0. The molecule has 1 heterocycles. The third-order valence-corrected chi connectivity index (χ3v) is 4.84. The molecule has 0 radical (unpaired) electrons. The predicted octanol–water partition coefficient (Wildman–Crippen LogP) is 1.32. The summed E-state index contributed by atoms with van der Waals surface area (Å²) in [6, 6.07) is 16.2. The summed E-state index contributed by atoms with van der Waals surface area (Å²) in [4.78, 5) is 38.6. The number of fused-ring (bicyclic) bond motifs is 1. The van der Waals surface area contributed by atoms with Crippen LogP contribution in [0.3, 0.4) is 0 Å². The molecule has 0 aliphatic carbocycles. The number of rotatable bonds is 7. The van der Waals surface area contributed by atoms with Crippen molar-refractivity contribution in [3.05, 3.63) is 60.2 Å². The van der Waals surface area contributed by atoms with Gasteiger partial charge in [-0.25, -0.2) is 0 Å². The van der Waals surface area contributed by atoms with Crippen molar-refractivity contribution < 1.29 is 19.1 Å². The van der Waals surface area contributed by atoms with Crippen molar-refractivity contribution in [1.82, 2.24) is 10.6 Å². The molecule has 0 unspecified atom stereocenters. The Bertz CT molecular complexity index is 885. The highest BCUT2D eigenvalue weighted by atomic mass is 16.5. The van der Waals surface area contributed by atoms with Crippen LogP contribution in [-0.4, -0.2) is 49.9 Å². The van der Waals surface area contributed by atoms with Gasteiger partial charge in [0.1, 0.15) is 5.75 Å². The maximum atomic E-state index is 12.7. The number of Topliss-reactive ketones (excluding diaryl/α,β-unsaturated/α-hetero) is 1. The number of likely N-dealkylation sites (N-methyl/N-ethyl adjacent to an activating group) is 1. The molecular weight excluding hydrogens is 370 g/mol. The third-order valence-electron chi connectivity index (χ3n) is 4.84. The van der Waals surface area contributed by atoms with Gasteiger partial charge in [0.15, 0.2) is 11.9 Å². The lowest BCUT2D eigenvalue weighted by atomic mass is 10.0. The Morgan fingerprint density at radius 2 is 1.79 bits per heavy atom. The summed E-state index contributed by atoms with van der Waals surface area (Å²) in [7, 11) is 1.55. The van der Waals surface area contributed by atoms with Crippen LogP contribution in [-0.2, 0) is 20.8 Å². The molecule has 152 valence electrons. The van der Waals surface area contributed by atoms with Crippen molar-refractivity contribution in [2.45, 2.75) is 25.5 Å². The standard InChI is InChI=1S/C22H25N3O4/c1-15(26)17(12-16-8-4-3-5-9-16)24-21(27)14-25-13-20(22(28)23-2)29-19-11-7-6-10-18(19)25/h3-11,17,20H,12-14H2,1-2H3,(H,23,28)(H,24,27)/t17-,20-/m1/s1. The zero-order chi connectivity index (χ0) is 20.8. The Hall–Kier alpha value is -3.35. The van der Waals surface area contributed by atoms with Gasteiger partial charge in [0, 0.05) is 7.05 Å². The van der Waals surface area contributed by atoms with Crippen molar-refractivity contribution in [3.8, 4) is 5.75 Å². The van der Waals surface area contributed by atoms with Gasteiger partial charge in [-0.3, -0.25) is 14.4 Å². The lowest BCUT2D eigenvalue weighted by Gasteiger charge is -2.35. The largest absolute Gasteiger partial charge is 0.477 e. The van der Waals surface area contributed by atoms with Crippen LogP contribution in [0.1, 0.15) is 12.5 Å². The molecule has 2 aromatic rings. The fourth-order valence-electron chi connectivity index (χ4n) is 3.31. The molecule has 1 aliphatic heterocycles. The molecule has 3 rings (SSSR count). The van der Waals surface area contributed by atoms with E-state index in [1.54, 1.807) is 18.0 Å². The minimum absolute atomic E-state index is 0.0203. The van der Waals surface area contributed by atoms with E-state index in [0.29, 0.717) is 12.2 Å². The van der Waals surface area contributed by atoms with Gasteiger partial charge in [-0.15, -0.1) is 0 Å². The number of hydrogen-bond donors (Lipinski definition) is 2. The first-order valence-electron chi connectivity index (χ1n) is 9.54. The van der Waals surface area contributed by atoms with Crippen LogP contribution >= 0.6 is 0 Å². The fourth-order valence-corrected chi connectivity index (χ4v) is 3.31. The number of nitrogens with one attached hydrogen (secondary N) is 2. The SMILES string of the molecule is CNC(=O)[C@H]1CN(CC(=O)N[C@H](Cc2ccccc2)C(C)=O)c2ccccc2O1.